The van der Waals surface area contributed by atoms with E-state index in [1.54, 1.807) is 24.3 Å². The Labute approximate surface area is 123 Å². The molecule has 0 saturated carbocycles. The number of hydrogen-bond donors (Lipinski definition) is 0. The number of hydrogen-bond acceptors (Lipinski definition) is 2. The monoisotopic (exact) mass is 306 g/mol. The molecule has 0 atom stereocenters. The molecule has 0 N–H and O–H groups in total. The summed E-state index contributed by atoms with van der Waals surface area (Å²) in [6.45, 7) is 0. The van der Waals surface area contributed by atoms with E-state index in [4.69, 9.17) is 11.6 Å². The fraction of sp³-hybridized carbons (Fsp3) is 0.0667. The molecule has 106 valence electrons. The Bertz CT molecular complexity index is 892. The highest BCUT2D eigenvalue weighted by Gasteiger charge is 2.15. The summed E-state index contributed by atoms with van der Waals surface area (Å²) in [5.74, 6) is -1.44. The Kier molecular flexibility index (Phi) is 3.43. The van der Waals surface area contributed by atoms with Crippen molar-refractivity contribution >= 4 is 22.5 Å². The quantitative estimate of drug-likeness (QED) is 0.680. The van der Waals surface area contributed by atoms with Crippen LogP contribution in [0.2, 0.25) is 0 Å². The van der Waals surface area contributed by atoms with E-state index in [0.717, 1.165) is 16.7 Å². The number of para-hydroxylation sites is 1. The topological polar surface area (TPSA) is 34.9 Å². The van der Waals surface area contributed by atoms with E-state index in [-0.39, 0.29) is 17.4 Å². The van der Waals surface area contributed by atoms with Crippen molar-refractivity contribution in [2.24, 2.45) is 0 Å². The minimum atomic E-state index is -0.847. The van der Waals surface area contributed by atoms with Gasteiger partial charge in [0, 0.05) is 6.07 Å². The predicted octanol–water partition coefficient (Wildman–Crippen LogP) is 3.40. The van der Waals surface area contributed by atoms with E-state index >= 15 is 0 Å². The molecule has 3 nitrogen and oxygen atoms in total. The van der Waals surface area contributed by atoms with Crippen LogP contribution in [0.1, 0.15) is 5.82 Å². The fourth-order valence-electron chi connectivity index (χ4n) is 2.18. The van der Waals surface area contributed by atoms with Crippen molar-refractivity contribution in [3.8, 4) is 5.69 Å². The Morgan fingerprint density at radius 2 is 1.90 bits per heavy atom. The van der Waals surface area contributed by atoms with Crippen molar-refractivity contribution in [3.05, 3.63) is 70.3 Å². The Morgan fingerprint density at radius 3 is 2.62 bits per heavy atom. The zero-order chi connectivity index (χ0) is 15.0. The van der Waals surface area contributed by atoms with Gasteiger partial charge in [-0.1, -0.05) is 12.1 Å². The minimum absolute atomic E-state index is 0.0725. The lowest BCUT2D eigenvalue weighted by Gasteiger charge is -2.12. The lowest BCUT2D eigenvalue weighted by molar-refractivity contribution is 0.575. The van der Waals surface area contributed by atoms with Gasteiger partial charge in [-0.15, -0.1) is 11.6 Å². The fourth-order valence-corrected chi connectivity index (χ4v) is 2.36. The third-order valence-electron chi connectivity index (χ3n) is 3.12. The van der Waals surface area contributed by atoms with Crippen molar-refractivity contribution in [2.75, 3.05) is 0 Å². The lowest BCUT2D eigenvalue weighted by Crippen LogP contribution is -2.24. The van der Waals surface area contributed by atoms with Crippen LogP contribution in [0.5, 0.6) is 0 Å². The van der Waals surface area contributed by atoms with Crippen LogP contribution in [-0.4, -0.2) is 9.55 Å². The SMILES string of the molecule is O=c1c2ccccc2nc(CCl)n1-c1ccc(F)cc1F. The third kappa shape index (κ3) is 2.29. The molecule has 0 aliphatic carbocycles. The molecule has 0 amide bonds. The summed E-state index contributed by atoms with van der Waals surface area (Å²) in [5.41, 5.74) is -0.0334. The Balaban J connectivity index is 2.41. The molecule has 0 aliphatic heterocycles. The largest absolute Gasteiger partial charge is 0.268 e. The van der Waals surface area contributed by atoms with Crippen LogP contribution in [0.4, 0.5) is 8.78 Å². The van der Waals surface area contributed by atoms with Crippen molar-refractivity contribution in [1.82, 2.24) is 9.55 Å². The zero-order valence-corrected chi connectivity index (χ0v) is 11.4. The van der Waals surface area contributed by atoms with Gasteiger partial charge in [0.15, 0.2) is 0 Å². The van der Waals surface area contributed by atoms with E-state index in [2.05, 4.69) is 4.98 Å². The molecule has 0 radical (unpaired) electrons. The first kappa shape index (κ1) is 13.7. The second-order valence-corrected chi connectivity index (χ2v) is 4.68. The highest BCUT2D eigenvalue weighted by atomic mass is 35.5. The number of fused-ring (bicyclic) bond motifs is 1. The lowest BCUT2D eigenvalue weighted by atomic mass is 10.2. The summed E-state index contributed by atoms with van der Waals surface area (Å²) >= 11 is 5.82. The molecule has 0 fully saturated rings. The van der Waals surface area contributed by atoms with E-state index in [9.17, 15) is 13.6 Å². The summed E-state index contributed by atoms with van der Waals surface area (Å²) in [6, 6.07) is 9.71. The number of benzene rings is 2. The van der Waals surface area contributed by atoms with Gasteiger partial charge in [-0.25, -0.2) is 13.8 Å². The summed E-state index contributed by atoms with van der Waals surface area (Å²) < 4.78 is 28.1. The number of halogens is 3. The van der Waals surface area contributed by atoms with Crippen LogP contribution in [0.3, 0.4) is 0 Å². The van der Waals surface area contributed by atoms with Crippen LogP contribution in [0, 0.1) is 11.6 Å². The number of rotatable bonds is 2. The number of alkyl halides is 1. The molecule has 3 aromatic rings. The Morgan fingerprint density at radius 1 is 1.14 bits per heavy atom. The van der Waals surface area contributed by atoms with E-state index in [0.29, 0.717) is 10.9 Å². The molecule has 0 spiro atoms. The van der Waals surface area contributed by atoms with Crippen LogP contribution >= 0.6 is 11.6 Å². The number of nitrogens with zero attached hydrogens (tertiary/aromatic N) is 2. The molecule has 1 heterocycles. The van der Waals surface area contributed by atoms with Crippen molar-refractivity contribution in [3.63, 3.8) is 0 Å². The standard InChI is InChI=1S/C15H9ClF2N2O/c16-8-14-19-12-4-2-1-3-10(12)15(21)20(14)13-6-5-9(17)7-11(13)18/h1-7H,8H2. The maximum absolute atomic E-state index is 14.0. The summed E-state index contributed by atoms with van der Waals surface area (Å²) in [5, 5.41) is 0.343. The second-order valence-electron chi connectivity index (χ2n) is 4.42. The molecule has 21 heavy (non-hydrogen) atoms. The molecular weight excluding hydrogens is 298 g/mol. The minimum Gasteiger partial charge on any atom is -0.268 e. The molecule has 0 bridgehead atoms. The molecule has 0 unspecified atom stereocenters. The van der Waals surface area contributed by atoms with Gasteiger partial charge in [0.2, 0.25) is 0 Å². The van der Waals surface area contributed by atoms with Gasteiger partial charge < -0.3 is 0 Å². The smallest absolute Gasteiger partial charge is 0.266 e. The molecule has 0 saturated heterocycles. The van der Waals surface area contributed by atoms with Gasteiger partial charge in [0.25, 0.3) is 5.56 Å². The van der Waals surface area contributed by atoms with Gasteiger partial charge in [0.1, 0.15) is 17.5 Å². The van der Waals surface area contributed by atoms with Crippen LogP contribution in [0.15, 0.2) is 47.3 Å². The summed E-state index contributed by atoms with van der Waals surface area (Å²) in [7, 11) is 0. The molecule has 3 rings (SSSR count). The van der Waals surface area contributed by atoms with Gasteiger partial charge in [-0.2, -0.15) is 0 Å². The van der Waals surface area contributed by atoms with Gasteiger partial charge >= 0.3 is 0 Å². The first-order valence-electron chi connectivity index (χ1n) is 6.14. The highest BCUT2D eigenvalue weighted by Crippen LogP contribution is 2.17. The second kappa shape index (κ2) is 5.26. The first-order valence-corrected chi connectivity index (χ1v) is 6.67. The molecule has 1 aromatic heterocycles. The van der Waals surface area contributed by atoms with Gasteiger partial charge in [-0.3, -0.25) is 9.36 Å². The molecule has 2 aromatic carbocycles. The molecule has 0 aliphatic rings. The van der Waals surface area contributed by atoms with Gasteiger partial charge in [-0.05, 0) is 24.3 Å². The summed E-state index contributed by atoms with van der Waals surface area (Å²) in [4.78, 5) is 16.8. The average Bonchev–Trinajstić information content (AvgIpc) is 2.48. The summed E-state index contributed by atoms with van der Waals surface area (Å²) in [6.07, 6.45) is 0. The van der Waals surface area contributed by atoms with Gasteiger partial charge in [0.05, 0.1) is 22.5 Å². The molecular formula is C15H9ClF2N2O. The highest BCUT2D eigenvalue weighted by molar-refractivity contribution is 6.16. The zero-order valence-electron chi connectivity index (χ0n) is 10.7. The van der Waals surface area contributed by atoms with Crippen LogP contribution in [0.25, 0.3) is 16.6 Å². The number of aromatic nitrogens is 2. The van der Waals surface area contributed by atoms with Crippen LogP contribution in [-0.2, 0) is 5.88 Å². The normalized spacial score (nSPS) is 11.0. The van der Waals surface area contributed by atoms with E-state index in [1.807, 2.05) is 0 Å². The third-order valence-corrected chi connectivity index (χ3v) is 3.35. The maximum Gasteiger partial charge on any atom is 0.266 e. The first-order chi connectivity index (χ1) is 10.1. The van der Waals surface area contributed by atoms with E-state index < -0.39 is 17.2 Å². The van der Waals surface area contributed by atoms with Crippen LogP contribution < -0.4 is 5.56 Å². The molecule has 6 heteroatoms. The predicted molar refractivity (Wildman–Crippen MR) is 76.8 cm³/mol. The van der Waals surface area contributed by atoms with E-state index in [1.165, 1.54) is 6.07 Å². The van der Waals surface area contributed by atoms with Crippen molar-refractivity contribution < 1.29 is 8.78 Å². The Hall–Kier alpha value is -2.27. The van der Waals surface area contributed by atoms with Crippen molar-refractivity contribution in [1.29, 1.82) is 0 Å². The maximum atomic E-state index is 14.0. The average molecular weight is 307 g/mol. The van der Waals surface area contributed by atoms with Crippen molar-refractivity contribution in [2.45, 2.75) is 5.88 Å².